The van der Waals surface area contributed by atoms with E-state index in [-0.39, 0.29) is 11.8 Å². The molecule has 8 heteroatoms. The van der Waals surface area contributed by atoms with Gasteiger partial charge >= 0.3 is 0 Å². The lowest BCUT2D eigenvalue weighted by molar-refractivity contribution is 0.0899. The second-order valence-corrected chi connectivity index (χ2v) is 11.0. The number of rotatable bonds is 8. The van der Waals surface area contributed by atoms with Crippen molar-refractivity contribution in [2.45, 2.75) is 32.2 Å². The summed E-state index contributed by atoms with van der Waals surface area (Å²) < 4.78 is 12.3. The number of likely N-dealkylation sites (tertiary alicyclic amines) is 1. The largest absolute Gasteiger partial charge is 0.497 e. The predicted octanol–water partition coefficient (Wildman–Crippen LogP) is 6.74. The highest BCUT2D eigenvalue weighted by Crippen LogP contribution is 2.35. The molecule has 1 aliphatic rings. The molecule has 0 spiro atoms. The quantitative estimate of drug-likeness (QED) is 0.202. The lowest BCUT2D eigenvalue weighted by Crippen LogP contribution is -2.38. The van der Waals surface area contributed by atoms with E-state index < -0.39 is 0 Å². The Morgan fingerprint density at radius 1 is 1.05 bits per heavy atom. The van der Waals surface area contributed by atoms with Crippen LogP contribution in [0.2, 0.25) is 0 Å². The first-order valence-electron chi connectivity index (χ1n) is 13.2. The molecule has 0 bridgehead atoms. The molecule has 39 heavy (non-hydrogen) atoms. The Morgan fingerprint density at radius 3 is 2.62 bits per heavy atom. The zero-order chi connectivity index (χ0) is 26.8. The van der Waals surface area contributed by atoms with Crippen LogP contribution in [0.15, 0.2) is 77.2 Å². The minimum atomic E-state index is -0.0745. The predicted molar refractivity (Wildman–Crippen MR) is 152 cm³/mol. The van der Waals surface area contributed by atoms with Crippen LogP contribution in [0.5, 0.6) is 5.75 Å². The average molecular weight is 539 g/mol. The van der Waals surface area contributed by atoms with Gasteiger partial charge in [0.25, 0.3) is 0 Å². The van der Waals surface area contributed by atoms with Crippen LogP contribution in [0.3, 0.4) is 0 Å². The molecule has 2 aromatic heterocycles. The molecular weight excluding hydrogens is 508 g/mol. The summed E-state index contributed by atoms with van der Waals surface area (Å²) in [6, 6.07) is 24.0. The van der Waals surface area contributed by atoms with Gasteiger partial charge in [-0.2, -0.15) is 0 Å². The van der Waals surface area contributed by atoms with Gasteiger partial charge in [-0.15, -0.1) is 21.5 Å². The minimum Gasteiger partial charge on any atom is -0.497 e. The van der Waals surface area contributed by atoms with Crippen LogP contribution in [0, 0.1) is 12.8 Å². The van der Waals surface area contributed by atoms with Crippen LogP contribution in [0.4, 0.5) is 0 Å². The molecule has 0 radical (unpaired) electrons. The van der Waals surface area contributed by atoms with Crippen LogP contribution >= 0.6 is 11.3 Å². The van der Waals surface area contributed by atoms with Crippen molar-refractivity contribution in [1.29, 1.82) is 0 Å². The van der Waals surface area contributed by atoms with E-state index in [0.717, 1.165) is 63.6 Å². The normalized spacial score (nSPS) is 15.4. The lowest BCUT2D eigenvalue weighted by Gasteiger charge is -2.36. The molecular formula is C31H30N4O3S. The molecule has 6 rings (SSSR count). The van der Waals surface area contributed by atoms with Crippen molar-refractivity contribution in [2.75, 3.05) is 20.2 Å². The third kappa shape index (κ3) is 5.48. The Hall–Kier alpha value is -3.88. The fourth-order valence-corrected chi connectivity index (χ4v) is 6.33. The maximum absolute atomic E-state index is 13.3. The maximum Gasteiger partial charge on any atom is 0.238 e. The summed E-state index contributed by atoms with van der Waals surface area (Å²) in [7, 11) is 1.66. The van der Waals surface area contributed by atoms with E-state index in [9.17, 15) is 4.79 Å². The molecule has 198 valence electrons. The molecule has 1 fully saturated rings. The van der Waals surface area contributed by atoms with Crippen molar-refractivity contribution in [3.05, 3.63) is 95.7 Å². The summed E-state index contributed by atoms with van der Waals surface area (Å²) in [6.45, 7) is 3.56. The van der Waals surface area contributed by atoms with Crippen LogP contribution in [0.25, 0.3) is 20.8 Å². The Balaban J connectivity index is 1.13. The van der Waals surface area contributed by atoms with Gasteiger partial charge in [0.15, 0.2) is 5.78 Å². The van der Waals surface area contributed by atoms with Gasteiger partial charge in [0.05, 0.1) is 17.3 Å². The number of nitrogens with zero attached hydrogens (tertiary/aromatic N) is 4. The van der Waals surface area contributed by atoms with Crippen LogP contribution in [-0.4, -0.2) is 46.1 Å². The van der Waals surface area contributed by atoms with E-state index in [1.165, 1.54) is 0 Å². The molecule has 0 unspecified atom stereocenters. The number of aryl methyl sites for hydroxylation is 1. The number of methoxy groups -OCH3 is 1. The number of hydrogen-bond donors (Lipinski definition) is 0. The third-order valence-electron chi connectivity index (χ3n) is 7.41. The van der Waals surface area contributed by atoms with E-state index in [1.54, 1.807) is 18.4 Å². The number of ketones is 1. The second-order valence-electron chi connectivity index (χ2n) is 10.0. The minimum absolute atomic E-state index is 0.0745. The molecule has 0 N–H and O–H groups in total. The smallest absolute Gasteiger partial charge is 0.238 e. The summed E-state index contributed by atoms with van der Waals surface area (Å²) in [6.07, 6.45) is 2.44. The van der Waals surface area contributed by atoms with E-state index >= 15 is 0 Å². The molecule has 0 aliphatic carbocycles. The Kier molecular flexibility index (Phi) is 7.22. The lowest BCUT2D eigenvalue weighted by atomic mass is 9.88. The van der Waals surface area contributed by atoms with E-state index in [2.05, 4.69) is 27.2 Å². The van der Waals surface area contributed by atoms with Gasteiger partial charge in [0.2, 0.25) is 11.8 Å². The van der Waals surface area contributed by atoms with Gasteiger partial charge in [-0.05, 0) is 61.7 Å². The van der Waals surface area contributed by atoms with Gasteiger partial charge in [-0.25, -0.2) is 4.98 Å². The van der Waals surface area contributed by atoms with E-state index in [1.807, 2.05) is 67.6 Å². The van der Waals surface area contributed by atoms with Gasteiger partial charge in [0, 0.05) is 24.5 Å². The SMILES string of the molecule is COc1ccc2nc(-c3cccc(C(=O)CC4CCN([C@@H](c5ccccc5)c5nnc(C)o5)CC4)c3)sc2c1. The molecule has 3 aromatic carbocycles. The molecule has 5 aromatic rings. The second kappa shape index (κ2) is 11.1. The van der Waals surface area contributed by atoms with Crippen molar-refractivity contribution in [3.63, 3.8) is 0 Å². The van der Waals surface area contributed by atoms with E-state index in [4.69, 9.17) is 14.1 Å². The Morgan fingerprint density at radius 2 is 1.87 bits per heavy atom. The summed E-state index contributed by atoms with van der Waals surface area (Å²) in [5, 5.41) is 9.31. The number of ether oxygens (including phenoxy) is 1. The number of aromatic nitrogens is 3. The number of carbonyl (C=O) groups is 1. The average Bonchev–Trinajstić information content (AvgIpc) is 3.60. The van der Waals surface area contributed by atoms with Crippen LogP contribution in [-0.2, 0) is 0 Å². The highest BCUT2D eigenvalue weighted by Gasteiger charge is 2.31. The number of benzene rings is 3. The Bertz CT molecular complexity index is 1590. The topological polar surface area (TPSA) is 81.4 Å². The number of hydrogen-bond acceptors (Lipinski definition) is 8. The van der Waals surface area contributed by atoms with E-state index in [0.29, 0.717) is 24.1 Å². The number of carbonyl (C=O) groups excluding carboxylic acids is 1. The van der Waals surface area contributed by atoms with Gasteiger partial charge in [-0.1, -0.05) is 48.5 Å². The van der Waals surface area contributed by atoms with Gasteiger partial charge in [-0.3, -0.25) is 9.69 Å². The highest BCUT2D eigenvalue weighted by molar-refractivity contribution is 7.21. The van der Waals surface area contributed by atoms with Crippen molar-refractivity contribution in [2.24, 2.45) is 5.92 Å². The fraction of sp³-hybridized carbons (Fsp3) is 0.290. The van der Waals surface area contributed by atoms with Gasteiger partial charge < -0.3 is 9.15 Å². The van der Waals surface area contributed by atoms with Crippen molar-refractivity contribution in [1.82, 2.24) is 20.1 Å². The summed E-state index contributed by atoms with van der Waals surface area (Å²) in [5.74, 6) is 2.53. The molecule has 0 saturated carbocycles. The Labute approximate surface area is 231 Å². The van der Waals surface area contributed by atoms with Crippen LogP contribution in [0.1, 0.15) is 53.0 Å². The molecule has 0 amide bonds. The molecule has 7 nitrogen and oxygen atoms in total. The third-order valence-corrected chi connectivity index (χ3v) is 8.47. The fourth-order valence-electron chi connectivity index (χ4n) is 5.34. The summed E-state index contributed by atoms with van der Waals surface area (Å²) >= 11 is 1.61. The molecule has 1 saturated heterocycles. The maximum atomic E-state index is 13.3. The number of thiazole rings is 1. The van der Waals surface area contributed by atoms with Crippen molar-refractivity contribution < 1.29 is 13.9 Å². The molecule has 3 heterocycles. The summed E-state index contributed by atoms with van der Waals surface area (Å²) in [5.41, 5.74) is 3.79. The summed E-state index contributed by atoms with van der Waals surface area (Å²) in [4.78, 5) is 20.5. The molecule has 1 atom stereocenters. The van der Waals surface area contributed by atoms with Crippen molar-refractivity contribution >= 4 is 27.3 Å². The van der Waals surface area contributed by atoms with Crippen LogP contribution < -0.4 is 4.74 Å². The number of piperidine rings is 1. The molecule has 1 aliphatic heterocycles. The first kappa shape index (κ1) is 25.4. The zero-order valence-electron chi connectivity index (χ0n) is 22.0. The van der Waals surface area contributed by atoms with Crippen molar-refractivity contribution in [3.8, 4) is 16.3 Å². The number of fused-ring (bicyclic) bond motifs is 1. The highest BCUT2D eigenvalue weighted by atomic mass is 32.1. The zero-order valence-corrected chi connectivity index (χ0v) is 22.9. The van der Waals surface area contributed by atoms with Gasteiger partial charge in [0.1, 0.15) is 16.8 Å². The first-order valence-corrected chi connectivity index (χ1v) is 14.1. The monoisotopic (exact) mass is 538 g/mol. The standard InChI is InChI=1S/C31H30N4O3S/c1-20-33-34-30(38-20)29(22-7-4-3-5-8-22)35-15-13-21(14-16-35)17-27(36)23-9-6-10-24(18-23)31-32-26-12-11-25(37-2)19-28(26)39-31/h3-12,18-19,21,29H,13-17H2,1-2H3/t29-/m0/s1. The number of Topliss-reactive ketones (excluding diaryl/α,β-unsaturated/α-hetero) is 1. The first-order chi connectivity index (χ1) is 19.1.